The standard InChI is InChI=1S/C9H15N3O/c1-3-4-5-11-9(13)8-6-10-7-12(8)2/h6-7H,3-5H2,1-2H3,(H,11,13). The minimum Gasteiger partial charge on any atom is -0.351 e. The molecule has 4 heteroatoms. The predicted octanol–water partition coefficient (Wildman–Crippen LogP) is 0.950. The molecule has 0 aromatic carbocycles. The van der Waals surface area contributed by atoms with Crippen molar-refractivity contribution in [2.24, 2.45) is 7.05 Å². The number of aryl methyl sites for hydroxylation is 1. The minimum atomic E-state index is -0.0477. The zero-order chi connectivity index (χ0) is 9.68. The Morgan fingerprint density at radius 3 is 3.00 bits per heavy atom. The second kappa shape index (κ2) is 4.64. The van der Waals surface area contributed by atoms with Gasteiger partial charge in [-0.25, -0.2) is 4.98 Å². The molecule has 1 aromatic rings. The fourth-order valence-electron chi connectivity index (χ4n) is 1.05. The van der Waals surface area contributed by atoms with Crippen LogP contribution in [0.15, 0.2) is 12.5 Å². The molecule has 0 saturated carbocycles. The maximum Gasteiger partial charge on any atom is 0.269 e. The van der Waals surface area contributed by atoms with Crippen molar-refractivity contribution in [1.82, 2.24) is 14.9 Å². The summed E-state index contributed by atoms with van der Waals surface area (Å²) in [6, 6.07) is 0. The van der Waals surface area contributed by atoms with Gasteiger partial charge in [-0.3, -0.25) is 4.79 Å². The number of hydrogen-bond acceptors (Lipinski definition) is 2. The van der Waals surface area contributed by atoms with Gasteiger partial charge in [-0.15, -0.1) is 0 Å². The smallest absolute Gasteiger partial charge is 0.269 e. The average molecular weight is 181 g/mol. The summed E-state index contributed by atoms with van der Waals surface area (Å²) in [5.74, 6) is -0.0477. The molecule has 1 aromatic heterocycles. The van der Waals surface area contributed by atoms with Crippen LogP contribution in [0.3, 0.4) is 0 Å². The van der Waals surface area contributed by atoms with Gasteiger partial charge in [-0.1, -0.05) is 13.3 Å². The average Bonchev–Trinajstić information content (AvgIpc) is 2.52. The number of amides is 1. The van der Waals surface area contributed by atoms with Crippen molar-refractivity contribution < 1.29 is 4.79 Å². The molecule has 4 nitrogen and oxygen atoms in total. The van der Waals surface area contributed by atoms with E-state index >= 15 is 0 Å². The molecule has 1 N–H and O–H groups in total. The van der Waals surface area contributed by atoms with E-state index in [4.69, 9.17) is 0 Å². The van der Waals surface area contributed by atoms with Gasteiger partial charge in [0.2, 0.25) is 0 Å². The van der Waals surface area contributed by atoms with Gasteiger partial charge in [0.25, 0.3) is 5.91 Å². The number of unbranched alkanes of at least 4 members (excludes halogenated alkanes) is 1. The van der Waals surface area contributed by atoms with Gasteiger partial charge in [-0.2, -0.15) is 0 Å². The molecule has 0 radical (unpaired) electrons. The summed E-state index contributed by atoms with van der Waals surface area (Å²) in [5, 5.41) is 2.83. The summed E-state index contributed by atoms with van der Waals surface area (Å²) < 4.78 is 1.71. The summed E-state index contributed by atoms with van der Waals surface area (Å²) in [5.41, 5.74) is 0.608. The SMILES string of the molecule is CCCCNC(=O)c1cncn1C. The van der Waals surface area contributed by atoms with Gasteiger partial charge >= 0.3 is 0 Å². The molecule has 0 aliphatic rings. The number of nitrogens with one attached hydrogen (secondary N) is 1. The topological polar surface area (TPSA) is 46.9 Å². The Bertz CT molecular complexity index is 280. The van der Waals surface area contributed by atoms with E-state index in [-0.39, 0.29) is 5.91 Å². The van der Waals surface area contributed by atoms with Crippen LogP contribution in [0, 0.1) is 0 Å². The summed E-state index contributed by atoms with van der Waals surface area (Å²) in [7, 11) is 1.81. The number of nitrogens with zero attached hydrogens (tertiary/aromatic N) is 2. The van der Waals surface area contributed by atoms with Crippen molar-refractivity contribution in [1.29, 1.82) is 0 Å². The lowest BCUT2D eigenvalue weighted by Crippen LogP contribution is -2.26. The van der Waals surface area contributed by atoms with Gasteiger partial charge in [0.15, 0.2) is 0 Å². The third-order valence-electron chi connectivity index (χ3n) is 1.87. The first-order chi connectivity index (χ1) is 6.25. The first kappa shape index (κ1) is 9.77. The molecular formula is C9H15N3O. The maximum atomic E-state index is 11.4. The number of imidazole rings is 1. The van der Waals surface area contributed by atoms with E-state index < -0.39 is 0 Å². The molecule has 1 rings (SSSR count). The second-order valence-electron chi connectivity index (χ2n) is 3.00. The Balaban J connectivity index is 2.45. The Morgan fingerprint density at radius 2 is 2.46 bits per heavy atom. The highest BCUT2D eigenvalue weighted by molar-refractivity contribution is 5.92. The fraction of sp³-hybridized carbons (Fsp3) is 0.556. The molecule has 1 amide bonds. The Kier molecular flexibility index (Phi) is 3.49. The van der Waals surface area contributed by atoms with Gasteiger partial charge < -0.3 is 9.88 Å². The fourth-order valence-corrected chi connectivity index (χ4v) is 1.05. The zero-order valence-corrected chi connectivity index (χ0v) is 8.08. The largest absolute Gasteiger partial charge is 0.351 e. The number of carbonyl (C=O) groups is 1. The molecule has 0 atom stereocenters. The molecule has 0 fully saturated rings. The molecule has 0 aliphatic heterocycles. The van der Waals surface area contributed by atoms with Crippen LogP contribution in [-0.4, -0.2) is 22.0 Å². The van der Waals surface area contributed by atoms with Crippen molar-refractivity contribution in [3.8, 4) is 0 Å². The van der Waals surface area contributed by atoms with Crippen LogP contribution >= 0.6 is 0 Å². The van der Waals surface area contributed by atoms with Crippen LogP contribution in [0.2, 0.25) is 0 Å². The van der Waals surface area contributed by atoms with E-state index in [2.05, 4.69) is 17.2 Å². The molecule has 13 heavy (non-hydrogen) atoms. The van der Waals surface area contributed by atoms with Gasteiger partial charge in [0.1, 0.15) is 5.69 Å². The number of rotatable bonds is 4. The van der Waals surface area contributed by atoms with E-state index in [1.165, 1.54) is 0 Å². The third-order valence-corrected chi connectivity index (χ3v) is 1.87. The molecule has 72 valence electrons. The summed E-state index contributed by atoms with van der Waals surface area (Å²) in [6.45, 7) is 2.83. The molecule has 0 saturated heterocycles. The Labute approximate surface area is 78.0 Å². The van der Waals surface area contributed by atoms with Gasteiger partial charge in [0.05, 0.1) is 12.5 Å². The maximum absolute atomic E-state index is 11.4. The van der Waals surface area contributed by atoms with Crippen molar-refractivity contribution in [2.75, 3.05) is 6.54 Å². The van der Waals surface area contributed by atoms with Crippen LogP contribution < -0.4 is 5.32 Å². The lowest BCUT2D eigenvalue weighted by Gasteiger charge is -2.03. The highest BCUT2D eigenvalue weighted by Gasteiger charge is 2.07. The highest BCUT2D eigenvalue weighted by atomic mass is 16.1. The first-order valence-corrected chi connectivity index (χ1v) is 4.50. The second-order valence-corrected chi connectivity index (χ2v) is 3.00. The van der Waals surface area contributed by atoms with Crippen LogP contribution in [0.5, 0.6) is 0 Å². The molecule has 0 bridgehead atoms. The van der Waals surface area contributed by atoms with E-state index in [0.29, 0.717) is 5.69 Å². The summed E-state index contributed by atoms with van der Waals surface area (Å²) >= 11 is 0. The minimum absolute atomic E-state index is 0.0477. The van der Waals surface area contributed by atoms with Crippen molar-refractivity contribution in [2.45, 2.75) is 19.8 Å². The lowest BCUT2D eigenvalue weighted by atomic mass is 10.3. The quantitative estimate of drug-likeness (QED) is 0.703. The molecular weight excluding hydrogens is 166 g/mol. The van der Waals surface area contributed by atoms with Crippen LogP contribution in [0.25, 0.3) is 0 Å². The van der Waals surface area contributed by atoms with E-state index in [9.17, 15) is 4.79 Å². The lowest BCUT2D eigenvalue weighted by molar-refractivity contribution is 0.0945. The predicted molar refractivity (Wildman–Crippen MR) is 50.4 cm³/mol. The molecule has 0 aliphatic carbocycles. The highest BCUT2D eigenvalue weighted by Crippen LogP contribution is 1.95. The number of hydrogen-bond donors (Lipinski definition) is 1. The molecule has 0 unspecified atom stereocenters. The number of aromatic nitrogens is 2. The van der Waals surface area contributed by atoms with Crippen molar-refractivity contribution in [3.05, 3.63) is 18.2 Å². The van der Waals surface area contributed by atoms with Crippen molar-refractivity contribution in [3.63, 3.8) is 0 Å². The van der Waals surface area contributed by atoms with E-state index in [1.807, 2.05) is 7.05 Å². The Morgan fingerprint density at radius 1 is 1.69 bits per heavy atom. The van der Waals surface area contributed by atoms with E-state index in [1.54, 1.807) is 17.1 Å². The molecule has 1 heterocycles. The Hall–Kier alpha value is -1.32. The van der Waals surface area contributed by atoms with Crippen LogP contribution in [0.1, 0.15) is 30.3 Å². The van der Waals surface area contributed by atoms with Crippen LogP contribution in [0.4, 0.5) is 0 Å². The summed E-state index contributed by atoms with van der Waals surface area (Å²) in [4.78, 5) is 15.3. The van der Waals surface area contributed by atoms with Crippen LogP contribution in [-0.2, 0) is 7.05 Å². The molecule has 0 spiro atoms. The van der Waals surface area contributed by atoms with E-state index in [0.717, 1.165) is 19.4 Å². The third kappa shape index (κ3) is 2.57. The monoisotopic (exact) mass is 181 g/mol. The van der Waals surface area contributed by atoms with Gasteiger partial charge in [-0.05, 0) is 6.42 Å². The zero-order valence-electron chi connectivity index (χ0n) is 8.08. The normalized spacial score (nSPS) is 10.0. The number of carbonyl (C=O) groups excluding carboxylic acids is 1. The van der Waals surface area contributed by atoms with Crippen molar-refractivity contribution >= 4 is 5.91 Å². The van der Waals surface area contributed by atoms with Gasteiger partial charge in [0, 0.05) is 13.6 Å². The first-order valence-electron chi connectivity index (χ1n) is 4.50. The summed E-state index contributed by atoms with van der Waals surface area (Å²) in [6.07, 6.45) is 5.30.